The first-order valence-electron chi connectivity index (χ1n) is 8.89. The van der Waals surface area contributed by atoms with Crippen LogP contribution in [0.1, 0.15) is 30.7 Å². The summed E-state index contributed by atoms with van der Waals surface area (Å²) in [4.78, 5) is 14.4. The Bertz CT molecular complexity index is 1100. The van der Waals surface area contributed by atoms with Crippen molar-refractivity contribution in [2.45, 2.75) is 38.2 Å². The summed E-state index contributed by atoms with van der Waals surface area (Å²) in [5.74, 6) is -0.438. The number of anilines is 1. The van der Waals surface area contributed by atoms with Crippen molar-refractivity contribution in [2.24, 2.45) is 7.05 Å². The lowest BCUT2D eigenvalue weighted by molar-refractivity contribution is -0.118. The number of rotatable bonds is 4. The monoisotopic (exact) mass is 403 g/mol. The van der Waals surface area contributed by atoms with E-state index in [9.17, 15) is 22.9 Å². The number of hydrogen-bond acceptors (Lipinski definition) is 4. The van der Waals surface area contributed by atoms with Gasteiger partial charge in [0.2, 0.25) is 5.91 Å². The number of alkyl halides is 1. The fraction of sp³-hybridized carbons (Fsp3) is 0.400. The SMILES string of the molecule is CC([C@@H](C)F)N1C(=O)Cc2c(cn(C)c2C#N)-c2cc(CS(C)(=O)=O)ccc21. The van der Waals surface area contributed by atoms with Crippen molar-refractivity contribution in [1.29, 1.82) is 5.26 Å². The first-order valence-corrected chi connectivity index (χ1v) is 10.9. The van der Waals surface area contributed by atoms with Gasteiger partial charge in [-0.3, -0.25) is 4.79 Å². The molecule has 1 amide bonds. The van der Waals surface area contributed by atoms with Gasteiger partial charge in [0.15, 0.2) is 9.84 Å². The van der Waals surface area contributed by atoms with E-state index in [-0.39, 0.29) is 18.1 Å². The van der Waals surface area contributed by atoms with Crippen molar-refractivity contribution in [1.82, 2.24) is 4.57 Å². The molecule has 2 aromatic rings. The van der Waals surface area contributed by atoms with Gasteiger partial charge in [0.05, 0.1) is 23.9 Å². The zero-order valence-electron chi connectivity index (χ0n) is 16.2. The fourth-order valence-electron chi connectivity index (χ4n) is 3.66. The summed E-state index contributed by atoms with van der Waals surface area (Å²) in [5.41, 5.74) is 3.36. The summed E-state index contributed by atoms with van der Waals surface area (Å²) in [6, 6.07) is 6.46. The van der Waals surface area contributed by atoms with Crippen molar-refractivity contribution < 1.29 is 17.6 Å². The maximum absolute atomic E-state index is 14.1. The number of fused-ring (bicyclic) bond motifs is 3. The Morgan fingerprint density at radius 2 is 1.96 bits per heavy atom. The van der Waals surface area contributed by atoms with Crippen molar-refractivity contribution in [3.63, 3.8) is 0 Å². The average molecular weight is 403 g/mol. The van der Waals surface area contributed by atoms with Crippen LogP contribution in [0.15, 0.2) is 24.4 Å². The predicted molar refractivity (Wildman–Crippen MR) is 105 cm³/mol. The summed E-state index contributed by atoms with van der Waals surface area (Å²) >= 11 is 0. The molecular formula is C20H22FN3O3S. The number of carbonyl (C=O) groups excluding carboxylic acids is 1. The van der Waals surface area contributed by atoms with Crippen LogP contribution in [0.25, 0.3) is 11.1 Å². The number of amides is 1. The van der Waals surface area contributed by atoms with E-state index in [4.69, 9.17) is 0 Å². The number of halogens is 1. The number of aryl methyl sites for hydroxylation is 1. The normalized spacial score (nSPS) is 16.0. The Kier molecular flexibility index (Phi) is 5.06. The van der Waals surface area contributed by atoms with Crippen LogP contribution in [-0.4, -0.2) is 37.4 Å². The molecule has 1 aromatic carbocycles. The Labute approximate surface area is 164 Å². The third-order valence-corrected chi connectivity index (χ3v) is 5.96. The van der Waals surface area contributed by atoms with Crippen LogP contribution in [0, 0.1) is 11.3 Å². The van der Waals surface area contributed by atoms with Crippen LogP contribution >= 0.6 is 0 Å². The molecule has 0 aliphatic carbocycles. The van der Waals surface area contributed by atoms with E-state index in [1.54, 1.807) is 42.9 Å². The summed E-state index contributed by atoms with van der Waals surface area (Å²) < 4.78 is 39.2. The molecule has 1 unspecified atom stereocenters. The number of hydrogen-bond donors (Lipinski definition) is 0. The lowest BCUT2D eigenvalue weighted by atomic mass is 9.99. The zero-order chi connectivity index (χ0) is 20.8. The van der Waals surface area contributed by atoms with Crippen molar-refractivity contribution in [2.75, 3.05) is 11.2 Å². The smallest absolute Gasteiger partial charge is 0.231 e. The van der Waals surface area contributed by atoms with E-state index in [1.165, 1.54) is 11.8 Å². The molecule has 1 aliphatic heterocycles. The zero-order valence-corrected chi connectivity index (χ0v) is 17.0. The minimum absolute atomic E-state index is 0.0216. The first-order chi connectivity index (χ1) is 13.0. The summed E-state index contributed by atoms with van der Waals surface area (Å²) in [5, 5.41) is 9.53. The van der Waals surface area contributed by atoms with E-state index in [0.29, 0.717) is 33.6 Å². The van der Waals surface area contributed by atoms with Gasteiger partial charge in [-0.05, 0) is 31.5 Å². The second-order valence-corrected chi connectivity index (χ2v) is 9.51. The molecule has 1 aliphatic rings. The van der Waals surface area contributed by atoms with Crippen LogP contribution in [0.2, 0.25) is 0 Å². The molecule has 28 heavy (non-hydrogen) atoms. The predicted octanol–water partition coefficient (Wildman–Crippen LogP) is 2.74. The molecule has 2 heterocycles. The topological polar surface area (TPSA) is 83.2 Å². The van der Waals surface area contributed by atoms with Crippen molar-refractivity contribution >= 4 is 21.4 Å². The van der Waals surface area contributed by atoms with E-state index in [0.717, 1.165) is 6.26 Å². The maximum atomic E-state index is 14.1. The molecule has 2 atom stereocenters. The fourth-order valence-corrected chi connectivity index (χ4v) is 4.44. The Balaban J connectivity index is 2.30. The van der Waals surface area contributed by atoms with Crippen molar-refractivity contribution in [3.8, 4) is 17.2 Å². The highest BCUT2D eigenvalue weighted by Crippen LogP contribution is 2.41. The van der Waals surface area contributed by atoms with Gasteiger partial charge in [-0.1, -0.05) is 6.07 Å². The number of benzene rings is 1. The second-order valence-electron chi connectivity index (χ2n) is 7.37. The second kappa shape index (κ2) is 7.06. The summed E-state index contributed by atoms with van der Waals surface area (Å²) in [7, 11) is -1.53. The Hall–Kier alpha value is -2.66. The van der Waals surface area contributed by atoms with Gasteiger partial charge >= 0.3 is 0 Å². The quantitative estimate of drug-likeness (QED) is 0.786. The van der Waals surface area contributed by atoms with Gasteiger partial charge in [-0.15, -0.1) is 0 Å². The molecule has 0 spiro atoms. The van der Waals surface area contributed by atoms with Crippen LogP contribution in [-0.2, 0) is 33.9 Å². The number of nitriles is 1. The maximum Gasteiger partial charge on any atom is 0.231 e. The number of aromatic nitrogens is 1. The number of sulfone groups is 1. The highest BCUT2D eigenvalue weighted by molar-refractivity contribution is 7.89. The average Bonchev–Trinajstić information content (AvgIpc) is 2.83. The van der Waals surface area contributed by atoms with E-state index in [2.05, 4.69) is 6.07 Å². The van der Waals surface area contributed by atoms with Gasteiger partial charge in [0.1, 0.15) is 17.9 Å². The molecule has 1 aromatic heterocycles. The molecule has 0 radical (unpaired) electrons. The minimum atomic E-state index is -3.25. The molecular weight excluding hydrogens is 381 g/mol. The minimum Gasteiger partial charge on any atom is -0.342 e. The molecule has 3 rings (SSSR count). The number of carbonyl (C=O) groups is 1. The molecule has 0 saturated heterocycles. The third-order valence-electron chi connectivity index (χ3n) is 5.10. The van der Waals surface area contributed by atoms with E-state index < -0.39 is 22.1 Å². The van der Waals surface area contributed by atoms with Gasteiger partial charge in [0, 0.05) is 36.2 Å². The Morgan fingerprint density at radius 1 is 1.29 bits per heavy atom. The molecule has 148 valence electrons. The third kappa shape index (κ3) is 3.54. The lowest BCUT2D eigenvalue weighted by Gasteiger charge is -2.31. The first kappa shape index (κ1) is 20.1. The molecule has 0 bridgehead atoms. The van der Waals surface area contributed by atoms with Gasteiger partial charge < -0.3 is 9.47 Å². The van der Waals surface area contributed by atoms with E-state index in [1.807, 2.05) is 0 Å². The lowest BCUT2D eigenvalue weighted by Crippen LogP contribution is -2.43. The Morgan fingerprint density at radius 3 is 2.54 bits per heavy atom. The standard InChI is InChI=1S/C20H22FN3O3S/c1-12(21)13(2)24-18-6-5-14(11-28(4,26)27)7-15(18)17-10-23(3)19(9-22)16(17)8-20(24)25/h5-7,10,12-13H,8,11H2,1-4H3/t12-,13?/m1/s1. The largest absolute Gasteiger partial charge is 0.342 e. The van der Waals surface area contributed by atoms with Crippen LogP contribution in [0.4, 0.5) is 10.1 Å². The van der Waals surface area contributed by atoms with Gasteiger partial charge in [-0.2, -0.15) is 5.26 Å². The molecule has 0 saturated carbocycles. The number of nitrogens with zero attached hydrogens (tertiary/aromatic N) is 3. The molecule has 0 N–H and O–H groups in total. The van der Waals surface area contributed by atoms with Gasteiger partial charge in [0.25, 0.3) is 0 Å². The van der Waals surface area contributed by atoms with E-state index >= 15 is 0 Å². The molecule has 8 heteroatoms. The summed E-state index contributed by atoms with van der Waals surface area (Å²) in [6.45, 7) is 3.03. The van der Waals surface area contributed by atoms with Crippen LogP contribution < -0.4 is 4.90 Å². The highest BCUT2D eigenvalue weighted by Gasteiger charge is 2.34. The molecule has 0 fully saturated rings. The summed E-state index contributed by atoms with van der Waals surface area (Å²) in [6.07, 6.45) is 1.64. The highest BCUT2D eigenvalue weighted by atomic mass is 32.2. The van der Waals surface area contributed by atoms with Crippen LogP contribution in [0.3, 0.4) is 0 Å². The van der Waals surface area contributed by atoms with Crippen molar-refractivity contribution in [3.05, 3.63) is 41.2 Å². The van der Waals surface area contributed by atoms with Crippen LogP contribution in [0.5, 0.6) is 0 Å². The molecule has 6 nitrogen and oxygen atoms in total. The van der Waals surface area contributed by atoms with Gasteiger partial charge in [-0.25, -0.2) is 12.8 Å².